The largest absolute Gasteiger partial charge is 0.467 e. The third kappa shape index (κ3) is 3.12. The van der Waals surface area contributed by atoms with Crippen molar-refractivity contribution in [3.8, 4) is 0 Å². The first kappa shape index (κ1) is 14.2. The summed E-state index contributed by atoms with van der Waals surface area (Å²) in [4.78, 5) is 0.968. The Bertz CT molecular complexity index is 739. The molecule has 1 unspecified atom stereocenters. The van der Waals surface area contributed by atoms with Gasteiger partial charge in [-0.1, -0.05) is 17.7 Å². The zero-order valence-electron chi connectivity index (χ0n) is 11.3. The summed E-state index contributed by atoms with van der Waals surface area (Å²) in [6.07, 6.45) is 1.60. The van der Waals surface area contributed by atoms with Gasteiger partial charge in [-0.2, -0.15) is 0 Å². The normalized spacial score (nSPS) is 12.3. The van der Waals surface area contributed by atoms with E-state index in [1.54, 1.807) is 18.4 Å². The summed E-state index contributed by atoms with van der Waals surface area (Å²) in [5, 5.41) is 3.20. The molecule has 1 N–H and O–H groups in total. The van der Waals surface area contributed by atoms with E-state index in [0.29, 0.717) is 10.0 Å². The van der Waals surface area contributed by atoms with E-state index in [9.17, 15) is 4.39 Å². The molecule has 1 aromatic carbocycles. The monoisotopic (exact) mass is 321 g/mol. The summed E-state index contributed by atoms with van der Waals surface area (Å²) >= 11 is 7.46. The molecule has 2 heterocycles. The Morgan fingerprint density at radius 1 is 1.24 bits per heavy atom. The highest BCUT2D eigenvalue weighted by Crippen LogP contribution is 2.34. The Morgan fingerprint density at radius 2 is 2.10 bits per heavy atom. The van der Waals surface area contributed by atoms with Crippen molar-refractivity contribution in [2.45, 2.75) is 13.0 Å². The second kappa shape index (κ2) is 5.92. The molecule has 3 rings (SSSR count). The van der Waals surface area contributed by atoms with Crippen molar-refractivity contribution in [1.82, 2.24) is 0 Å². The maximum absolute atomic E-state index is 14.0. The predicted molar refractivity (Wildman–Crippen MR) is 84.6 cm³/mol. The molecule has 5 heteroatoms. The highest BCUT2D eigenvalue weighted by molar-refractivity contribution is 7.16. The lowest BCUT2D eigenvalue weighted by atomic mass is 10.1. The number of hydrogen-bond donors (Lipinski definition) is 1. The number of thiophene rings is 1. The molecule has 0 saturated carbocycles. The predicted octanol–water partition coefficient (Wildman–Crippen LogP) is 5.64. The molecule has 2 nitrogen and oxygen atoms in total. The van der Waals surface area contributed by atoms with Gasteiger partial charge in [0, 0.05) is 4.88 Å². The molecule has 21 heavy (non-hydrogen) atoms. The molecule has 0 spiro atoms. The molecule has 0 aliphatic heterocycles. The quantitative estimate of drug-likeness (QED) is 0.672. The number of benzene rings is 1. The Kier molecular flexibility index (Phi) is 3.99. The van der Waals surface area contributed by atoms with Crippen LogP contribution < -0.4 is 5.32 Å². The Hall–Kier alpha value is -1.78. The molecule has 0 saturated heterocycles. The van der Waals surface area contributed by atoms with Crippen LogP contribution in [-0.2, 0) is 0 Å². The average molecular weight is 322 g/mol. The highest BCUT2D eigenvalue weighted by atomic mass is 35.5. The molecule has 108 valence electrons. The van der Waals surface area contributed by atoms with Crippen molar-refractivity contribution in [2.24, 2.45) is 0 Å². The van der Waals surface area contributed by atoms with Crippen LogP contribution in [0, 0.1) is 12.7 Å². The number of rotatable bonds is 4. The molecule has 1 atom stereocenters. The van der Waals surface area contributed by atoms with Crippen LogP contribution in [0.1, 0.15) is 22.2 Å². The van der Waals surface area contributed by atoms with Gasteiger partial charge in [0.25, 0.3) is 0 Å². The van der Waals surface area contributed by atoms with Crippen molar-refractivity contribution in [3.05, 3.63) is 75.1 Å². The maximum atomic E-state index is 14.0. The van der Waals surface area contributed by atoms with E-state index in [0.717, 1.165) is 16.2 Å². The van der Waals surface area contributed by atoms with Crippen molar-refractivity contribution >= 4 is 28.6 Å². The fourth-order valence-corrected chi connectivity index (χ4v) is 3.25. The molecule has 3 aromatic rings. The van der Waals surface area contributed by atoms with E-state index in [1.807, 2.05) is 31.2 Å². The first-order valence-electron chi connectivity index (χ1n) is 6.45. The van der Waals surface area contributed by atoms with Crippen LogP contribution in [0.15, 0.2) is 53.1 Å². The summed E-state index contributed by atoms with van der Waals surface area (Å²) in [5.41, 5.74) is 1.43. The van der Waals surface area contributed by atoms with E-state index >= 15 is 0 Å². The van der Waals surface area contributed by atoms with Crippen LogP contribution in [0.25, 0.3) is 0 Å². The van der Waals surface area contributed by atoms with E-state index in [4.69, 9.17) is 16.0 Å². The number of anilines is 1. The number of halogens is 2. The molecular weight excluding hydrogens is 309 g/mol. The number of nitrogens with one attached hydrogen (secondary N) is 1. The first-order chi connectivity index (χ1) is 10.1. The Morgan fingerprint density at radius 3 is 2.76 bits per heavy atom. The molecule has 0 aliphatic carbocycles. The second-order valence-corrected chi connectivity index (χ2v) is 6.46. The van der Waals surface area contributed by atoms with Crippen molar-refractivity contribution in [3.63, 3.8) is 0 Å². The second-order valence-electron chi connectivity index (χ2n) is 4.72. The SMILES string of the molecule is Cc1ccc(F)c(NC(c2ccco2)c2ccc(Cl)s2)c1. The topological polar surface area (TPSA) is 25.2 Å². The minimum Gasteiger partial charge on any atom is -0.467 e. The fraction of sp³-hybridized carbons (Fsp3) is 0.125. The third-order valence-corrected chi connectivity index (χ3v) is 4.42. The number of aryl methyl sites for hydroxylation is 1. The summed E-state index contributed by atoms with van der Waals surface area (Å²) < 4.78 is 20.1. The van der Waals surface area contributed by atoms with E-state index < -0.39 is 0 Å². The van der Waals surface area contributed by atoms with E-state index in [1.165, 1.54) is 17.4 Å². The highest BCUT2D eigenvalue weighted by Gasteiger charge is 2.20. The van der Waals surface area contributed by atoms with Gasteiger partial charge in [-0.25, -0.2) is 4.39 Å². The van der Waals surface area contributed by atoms with Gasteiger partial charge < -0.3 is 9.73 Å². The third-order valence-electron chi connectivity index (χ3n) is 3.13. The summed E-state index contributed by atoms with van der Waals surface area (Å²) in [6, 6.07) is 12.1. The first-order valence-corrected chi connectivity index (χ1v) is 7.64. The van der Waals surface area contributed by atoms with Crippen molar-refractivity contribution < 1.29 is 8.81 Å². The van der Waals surface area contributed by atoms with Gasteiger partial charge in [0.1, 0.15) is 17.6 Å². The van der Waals surface area contributed by atoms with Gasteiger partial charge in [-0.15, -0.1) is 11.3 Å². The summed E-state index contributed by atoms with van der Waals surface area (Å²) in [5.74, 6) is 0.425. The van der Waals surface area contributed by atoms with Crippen LogP contribution in [0.3, 0.4) is 0 Å². The fourth-order valence-electron chi connectivity index (χ4n) is 2.13. The molecule has 0 fully saturated rings. The van der Waals surface area contributed by atoms with Gasteiger partial charge in [0.15, 0.2) is 0 Å². The van der Waals surface area contributed by atoms with Gasteiger partial charge in [0.2, 0.25) is 0 Å². The average Bonchev–Trinajstić information content (AvgIpc) is 3.11. The van der Waals surface area contributed by atoms with Gasteiger partial charge in [-0.3, -0.25) is 0 Å². The number of hydrogen-bond acceptors (Lipinski definition) is 3. The molecular formula is C16H13ClFNOS. The van der Waals surface area contributed by atoms with Gasteiger partial charge >= 0.3 is 0 Å². The minimum absolute atomic E-state index is 0.270. The van der Waals surface area contributed by atoms with Crippen LogP contribution in [-0.4, -0.2) is 0 Å². The van der Waals surface area contributed by atoms with Crippen LogP contribution in [0.2, 0.25) is 4.34 Å². The molecule has 2 aromatic heterocycles. The lowest BCUT2D eigenvalue weighted by molar-refractivity contribution is 0.499. The maximum Gasteiger partial charge on any atom is 0.146 e. The van der Waals surface area contributed by atoms with Crippen molar-refractivity contribution in [1.29, 1.82) is 0 Å². The molecule has 0 radical (unpaired) electrons. The zero-order valence-corrected chi connectivity index (χ0v) is 12.8. The van der Waals surface area contributed by atoms with E-state index in [2.05, 4.69) is 5.32 Å². The molecule has 0 aliphatic rings. The lowest BCUT2D eigenvalue weighted by Crippen LogP contribution is -2.11. The summed E-state index contributed by atoms with van der Waals surface area (Å²) in [7, 11) is 0. The Balaban J connectivity index is 1.98. The summed E-state index contributed by atoms with van der Waals surface area (Å²) in [6.45, 7) is 1.93. The minimum atomic E-state index is -0.292. The smallest absolute Gasteiger partial charge is 0.146 e. The van der Waals surface area contributed by atoms with Crippen LogP contribution in [0.4, 0.5) is 10.1 Å². The van der Waals surface area contributed by atoms with Gasteiger partial charge in [0.05, 0.1) is 16.3 Å². The van der Waals surface area contributed by atoms with E-state index in [-0.39, 0.29) is 11.9 Å². The van der Waals surface area contributed by atoms with Crippen LogP contribution in [0.5, 0.6) is 0 Å². The zero-order chi connectivity index (χ0) is 14.8. The van der Waals surface area contributed by atoms with Gasteiger partial charge in [-0.05, 0) is 48.9 Å². The number of furan rings is 1. The Labute approximate surface area is 131 Å². The standard InChI is InChI=1S/C16H13ClFNOS/c1-10-4-5-11(18)12(9-10)19-16(13-3-2-8-20-13)14-6-7-15(17)21-14/h2-9,16,19H,1H3. The lowest BCUT2D eigenvalue weighted by Gasteiger charge is -2.17. The molecule has 0 amide bonds. The molecule has 0 bridgehead atoms. The van der Waals surface area contributed by atoms with Crippen LogP contribution >= 0.6 is 22.9 Å². The van der Waals surface area contributed by atoms with Crippen molar-refractivity contribution in [2.75, 3.05) is 5.32 Å².